The highest BCUT2D eigenvalue weighted by Gasteiger charge is 2.31. The minimum atomic E-state index is -1.54. The predicted molar refractivity (Wildman–Crippen MR) is 122 cm³/mol. The van der Waals surface area contributed by atoms with Crippen LogP contribution in [0, 0.1) is 24.4 Å². The van der Waals surface area contributed by atoms with E-state index < -0.39 is 23.5 Å². The van der Waals surface area contributed by atoms with Gasteiger partial charge < -0.3 is 14.5 Å². The molecule has 0 aromatic heterocycles. The Labute approximate surface area is 192 Å². The standard InChI is InChI=1S/C23H25F3N2O3.C2H6/c1-14-5-6-15(11-21(14)30-2)10-16-4-3-8-28(23(16)29)20(7-9-31-27)17-12-18(24)22(26)19(25)13-17;1-2/h5-6,10-13,20H,3-4,7-9,27H2,1-2H3;1-2H3/b16-10+;. The highest BCUT2D eigenvalue weighted by atomic mass is 19.2. The van der Waals surface area contributed by atoms with E-state index in [-0.39, 0.29) is 24.5 Å². The molecule has 0 radical (unpaired) electrons. The van der Waals surface area contributed by atoms with E-state index in [0.717, 1.165) is 23.3 Å². The van der Waals surface area contributed by atoms with Crippen LogP contribution in [0.15, 0.2) is 35.9 Å². The summed E-state index contributed by atoms with van der Waals surface area (Å²) in [7, 11) is 1.58. The fraction of sp³-hybridized carbons (Fsp3) is 0.400. The van der Waals surface area contributed by atoms with Gasteiger partial charge in [-0.05, 0) is 67.2 Å². The van der Waals surface area contributed by atoms with Crippen molar-refractivity contribution in [3.8, 4) is 5.75 Å². The molecular formula is C25H31F3N2O3. The van der Waals surface area contributed by atoms with Crippen molar-refractivity contribution in [2.24, 2.45) is 5.90 Å². The van der Waals surface area contributed by atoms with E-state index >= 15 is 0 Å². The summed E-state index contributed by atoms with van der Waals surface area (Å²) in [6.45, 7) is 6.38. The van der Waals surface area contributed by atoms with Crippen LogP contribution in [0.2, 0.25) is 0 Å². The van der Waals surface area contributed by atoms with E-state index in [4.69, 9.17) is 10.6 Å². The molecule has 1 heterocycles. The van der Waals surface area contributed by atoms with Crippen molar-refractivity contribution >= 4 is 12.0 Å². The van der Waals surface area contributed by atoms with Crippen LogP contribution in [0.1, 0.15) is 55.8 Å². The average molecular weight is 465 g/mol. The van der Waals surface area contributed by atoms with Gasteiger partial charge in [-0.3, -0.25) is 4.79 Å². The maximum Gasteiger partial charge on any atom is 0.250 e. The van der Waals surface area contributed by atoms with Crippen LogP contribution in [0.25, 0.3) is 6.08 Å². The molecule has 0 saturated carbocycles. The van der Waals surface area contributed by atoms with Gasteiger partial charge >= 0.3 is 0 Å². The molecule has 1 saturated heterocycles. The van der Waals surface area contributed by atoms with Gasteiger partial charge in [0.05, 0.1) is 19.8 Å². The molecule has 180 valence electrons. The number of benzene rings is 2. The smallest absolute Gasteiger partial charge is 0.250 e. The van der Waals surface area contributed by atoms with E-state index in [1.807, 2.05) is 39.0 Å². The SMILES string of the molecule is CC.COc1cc(/C=C2\CCCN(C(CCON)c3cc(F)c(F)c(F)c3)C2=O)ccc1C. The molecule has 1 fully saturated rings. The van der Waals surface area contributed by atoms with E-state index in [9.17, 15) is 18.0 Å². The van der Waals surface area contributed by atoms with E-state index in [1.54, 1.807) is 13.2 Å². The van der Waals surface area contributed by atoms with Crippen molar-refractivity contribution in [3.63, 3.8) is 0 Å². The summed E-state index contributed by atoms with van der Waals surface area (Å²) < 4.78 is 46.5. The average Bonchev–Trinajstić information content (AvgIpc) is 2.82. The molecule has 0 spiro atoms. The molecule has 1 unspecified atom stereocenters. The Hall–Kier alpha value is -2.84. The van der Waals surface area contributed by atoms with Crippen LogP contribution in [0.4, 0.5) is 13.2 Å². The van der Waals surface area contributed by atoms with E-state index in [2.05, 4.69) is 4.84 Å². The molecule has 33 heavy (non-hydrogen) atoms. The van der Waals surface area contributed by atoms with Gasteiger partial charge in [-0.1, -0.05) is 26.0 Å². The number of halogens is 3. The Kier molecular flexibility index (Phi) is 9.94. The van der Waals surface area contributed by atoms with Crippen LogP contribution in [-0.4, -0.2) is 31.1 Å². The Bertz CT molecular complexity index is 972. The number of nitrogens with two attached hydrogens (primary N) is 1. The lowest BCUT2D eigenvalue weighted by Crippen LogP contribution is -2.40. The molecule has 0 aliphatic carbocycles. The first kappa shape index (κ1) is 26.4. The quantitative estimate of drug-likeness (QED) is 0.335. The second-order valence-electron chi connectivity index (χ2n) is 7.47. The van der Waals surface area contributed by atoms with Gasteiger partial charge in [0.2, 0.25) is 5.91 Å². The Balaban J connectivity index is 0.00000187. The number of likely N-dealkylation sites (tertiary alicyclic amines) is 1. The van der Waals surface area contributed by atoms with Crippen molar-refractivity contribution < 1.29 is 27.5 Å². The first-order valence-electron chi connectivity index (χ1n) is 11.0. The molecule has 2 aromatic rings. The van der Waals surface area contributed by atoms with Gasteiger partial charge in [0.25, 0.3) is 0 Å². The monoisotopic (exact) mass is 464 g/mol. The highest BCUT2D eigenvalue weighted by molar-refractivity contribution is 5.98. The summed E-state index contributed by atoms with van der Waals surface area (Å²) >= 11 is 0. The Morgan fingerprint density at radius 2 is 1.82 bits per heavy atom. The number of nitrogens with zero attached hydrogens (tertiary/aromatic N) is 1. The number of methoxy groups -OCH3 is 1. The largest absolute Gasteiger partial charge is 0.496 e. The lowest BCUT2D eigenvalue weighted by Gasteiger charge is -2.36. The maximum atomic E-state index is 13.9. The molecule has 5 nitrogen and oxygen atoms in total. The summed E-state index contributed by atoms with van der Waals surface area (Å²) in [4.78, 5) is 19.4. The van der Waals surface area contributed by atoms with Crippen LogP contribution < -0.4 is 10.6 Å². The summed E-state index contributed by atoms with van der Waals surface area (Å²) in [5.74, 6) is 1.44. The Morgan fingerprint density at radius 3 is 2.42 bits per heavy atom. The molecule has 1 aliphatic heterocycles. The summed E-state index contributed by atoms with van der Waals surface area (Å²) in [6.07, 6.45) is 3.24. The maximum absolute atomic E-state index is 13.9. The second kappa shape index (κ2) is 12.4. The van der Waals surface area contributed by atoms with Crippen LogP contribution in [0.5, 0.6) is 5.75 Å². The number of piperidine rings is 1. The minimum absolute atomic E-state index is 0.0588. The van der Waals surface area contributed by atoms with Crippen molar-refractivity contribution in [1.82, 2.24) is 4.90 Å². The zero-order chi connectivity index (χ0) is 24.5. The fourth-order valence-electron chi connectivity index (χ4n) is 3.84. The van der Waals surface area contributed by atoms with Gasteiger partial charge in [-0.2, -0.15) is 0 Å². The fourth-order valence-corrected chi connectivity index (χ4v) is 3.84. The van der Waals surface area contributed by atoms with E-state index in [0.29, 0.717) is 30.7 Å². The van der Waals surface area contributed by atoms with Crippen LogP contribution in [-0.2, 0) is 9.63 Å². The van der Waals surface area contributed by atoms with Crippen molar-refractivity contribution in [3.05, 3.63) is 70.0 Å². The van der Waals surface area contributed by atoms with Crippen molar-refractivity contribution in [1.29, 1.82) is 0 Å². The number of ether oxygens (including phenoxy) is 1. The zero-order valence-corrected chi connectivity index (χ0v) is 19.5. The zero-order valence-electron chi connectivity index (χ0n) is 19.5. The van der Waals surface area contributed by atoms with Crippen LogP contribution in [0.3, 0.4) is 0 Å². The molecule has 0 bridgehead atoms. The van der Waals surface area contributed by atoms with Crippen LogP contribution >= 0.6 is 0 Å². The molecule has 1 amide bonds. The molecule has 1 atom stereocenters. The second-order valence-corrected chi connectivity index (χ2v) is 7.47. The minimum Gasteiger partial charge on any atom is -0.496 e. The summed E-state index contributed by atoms with van der Waals surface area (Å²) in [5.41, 5.74) is 2.51. The lowest BCUT2D eigenvalue weighted by atomic mass is 9.95. The van der Waals surface area contributed by atoms with Gasteiger partial charge in [-0.15, -0.1) is 0 Å². The number of hydrogen-bond donors (Lipinski definition) is 1. The molecule has 2 aromatic carbocycles. The predicted octanol–water partition coefficient (Wildman–Crippen LogP) is 5.47. The number of carbonyl (C=O) groups is 1. The number of aryl methyl sites for hydroxylation is 1. The number of hydrogen-bond acceptors (Lipinski definition) is 4. The number of rotatable bonds is 7. The summed E-state index contributed by atoms with van der Waals surface area (Å²) in [5, 5.41) is 0. The number of carbonyl (C=O) groups excluding carboxylic acids is 1. The first-order chi connectivity index (χ1) is 15.8. The third kappa shape index (κ3) is 6.36. The van der Waals surface area contributed by atoms with Gasteiger partial charge in [0.1, 0.15) is 5.75 Å². The topological polar surface area (TPSA) is 64.8 Å². The number of amides is 1. The molecule has 3 rings (SSSR count). The van der Waals surface area contributed by atoms with Gasteiger partial charge in [-0.25, -0.2) is 19.1 Å². The van der Waals surface area contributed by atoms with Crippen molar-refractivity contribution in [2.45, 2.75) is 46.1 Å². The van der Waals surface area contributed by atoms with Gasteiger partial charge in [0.15, 0.2) is 17.5 Å². The normalized spacial score (nSPS) is 15.8. The lowest BCUT2D eigenvalue weighted by molar-refractivity contribution is -0.131. The first-order valence-corrected chi connectivity index (χ1v) is 11.0. The van der Waals surface area contributed by atoms with Gasteiger partial charge in [0, 0.05) is 12.1 Å². The van der Waals surface area contributed by atoms with Crippen molar-refractivity contribution in [2.75, 3.05) is 20.3 Å². The highest BCUT2D eigenvalue weighted by Crippen LogP contribution is 2.33. The molecule has 8 heteroatoms. The third-order valence-electron chi connectivity index (χ3n) is 5.43. The van der Waals surface area contributed by atoms with E-state index in [1.165, 1.54) is 4.90 Å². The Morgan fingerprint density at radius 1 is 1.15 bits per heavy atom. The molecular weight excluding hydrogens is 433 g/mol. The summed E-state index contributed by atoms with van der Waals surface area (Å²) in [6, 6.07) is 6.75. The molecule has 2 N–H and O–H groups in total. The third-order valence-corrected chi connectivity index (χ3v) is 5.43. The molecule has 1 aliphatic rings.